The summed E-state index contributed by atoms with van der Waals surface area (Å²) >= 11 is 0. The zero-order valence-electron chi connectivity index (χ0n) is 16.0. The number of rotatable bonds is 8. The van der Waals surface area contributed by atoms with E-state index in [1.165, 1.54) is 22.9 Å². The highest BCUT2D eigenvalue weighted by Gasteiger charge is 2.15. The molecule has 0 spiro atoms. The van der Waals surface area contributed by atoms with E-state index in [1.807, 2.05) is 19.1 Å². The van der Waals surface area contributed by atoms with Crippen molar-refractivity contribution in [3.63, 3.8) is 0 Å². The quantitative estimate of drug-likeness (QED) is 0.355. The van der Waals surface area contributed by atoms with Crippen molar-refractivity contribution in [2.75, 3.05) is 25.6 Å². The predicted molar refractivity (Wildman–Crippen MR) is 107 cm³/mol. The van der Waals surface area contributed by atoms with Gasteiger partial charge in [-0.25, -0.2) is 4.68 Å². The Hall–Kier alpha value is -3.72. The summed E-state index contributed by atoms with van der Waals surface area (Å²) in [5, 5.41) is 18.0. The molecule has 2 aromatic carbocycles. The number of aryl methyl sites for hydroxylation is 1. The van der Waals surface area contributed by atoms with Gasteiger partial charge in [-0.05, 0) is 36.8 Å². The van der Waals surface area contributed by atoms with Crippen LogP contribution in [0, 0.1) is 17.0 Å². The fourth-order valence-corrected chi connectivity index (χ4v) is 2.61. The zero-order valence-corrected chi connectivity index (χ0v) is 16.0. The van der Waals surface area contributed by atoms with Crippen LogP contribution in [0.3, 0.4) is 0 Å². The first-order chi connectivity index (χ1) is 14.0. The van der Waals surface area contributed by atoms with Gasteiger partial charge in [0.1, 0.15) is 12.4 Å². The maximum atomic E-state index is 12.6. The number of nitrogens with zero attached hydrogens (tertiary/aromatic N) is 3. The van der Waals surface area contributed by atoms with Crippen molar-refractivity contribution in [1.29, 1.82) is 0 Å². The van der Waals surface area contributed by atoms with Gasteiger partial charge in [-0.15, -0.1) is 0 Å². The third kappa shape index (κ3) is 4.96. The van der Waals surface area contributed by atoms with Gasteiger partial charge in [0.05, 0.1) is 22.9 Å². The second kappa shape index (κ2) is 8.98. The number of benzene rings is 2. The zero-order chi connectivity index (χ0) is 20.8. The van der Waals surface area contributed by atoms with Gasteiger partial charge < -0.3 is 14.8 Å². The summed E-state index contributed by atoms with van der Waals surface area (Å²) in [7, 11) is 1.58. The van der Waals surface area contributed by atoms with Crippen LogP contribution in [0.25, 0.3) is 5.69 Å². The molecular weight excluding hydrogens is 376 g/mol. The largest absolute Gasteiger partial charge is 0.489 e. The molecule has 0 saturated heterocycles. The number of methoxy groups -OCH3 is 1. The maximum absolute atomic E-state index is 12.6. The molecule has 0 aliphatic rings. The maximum Gasteiger partial charge on any atom is 0.276 e. The number of hydrogen-bond donors (Lipinski definition) is 1. The summed E-state index contributed by atoms with van der Waals surface area (Å²) in [6.45, 7) is 2.70. The van der Waals surface area contributed by atoms with Gasteiger partial charge in [0.15, 0.2) is 5.69 Å². The van der Waals surface area contributed by atoms with Crippen LogP contribution >= 0.6 is 0 Å². The van der Waals surface area contributed by atoms with Crippen LogP contribution in [0.5, 0.6) is 5.75 Å². The van der Waals surface area contributed by atoms with Crippen LogP contribution in [-0.4, -0.2) is 40.9 Å². The Morgan fingerprint density at radius 2 is 2.03 bits per heavy atom. The van der Waals surface area contributed by atoms with Crippen molar-refractivity contribution < 1.29 is 19.2 Å². The highest BCUT2D eigenvalue weighted by Crippen LogP contribution is 2.26. The summed E-state index contributed by atoms with van der Waals surface area (Å²) in [6, 6.07) is 13.0. The molecule has 0 radical (unpaired) electrons. The van der Waals surface area contributed by atoms with Crippen molar-refractivity contribution in [3.8, 4) is 11.4 Å². The standard InChI is InChI=1S/C20H20N4O5/c1-14-6-7-17(19(12-14)29-11-10-28-2)21-20(25)18-8-9-23(22-18)15-4-3-5-16(13-15)24(26)27/h3-9,12-13H,10-11H2,1-2H3,(H,21,25). The summed E-state index contributed by atoms with van der Waals surface area (Å²) in [6.07, 6.45) is 1.57. The van der Waals surface area contributed by atoms with Crippen LogP contribution in [-0.2, 0) is 4.74 Å². The van der Waals surface area contributed by atoms with Crippen LogP contribution in [0.4, 0.5) is 11.4 Å². The smallest absolute Gasteiger partial charge is 0.276 e. The Morgan fingerprint density at radius 3 is 2.79 bits per heavy atom. The number of hydrogen-bond acceptors (Lipinski definition) is 6. The first kappa shape index (κ1) is 20.0. The number of aromatic nitrogens is 2. The van der Waals surface area contributed by atoms with Crippen molar-refractivity contribution in [2.24, 2.45) is 0 Å². The van der Waals surface area contributed by atoms with Gasteiger partial charge in [-0.2, -0.15) is 5.10 Å². The van der Waals surface area contributed by atoms with Gasteiger partial charge >= 0.3 is 0 Å². The molecule has 1 heterocycles. The molecule has 0 unspecified atom stereocenters. The van der Waals surface area contributed by atoms with E-state index in [9.17, 15) is 14.9 Å². The molecule has 3 rings (SSSR count). The predicted octanol–water partition coefficient (Wildman–Crippen LogP) is 3.37. The van der Waals surface area contributed by atoms with Crippen LogP contribution in [0.1, 0.15) is 16.1 Å². The topological polar surface area (TPSA) is 109 Å². The number of nitrogens with one attached hydrogen (secondary N) is 1. The molecule has 0 bridgehead atoms. The number of non-ortho nitro benzene ring substituents is 1. The van der Waals surface area contributed by atoms with Crippen molar-refractivity contribution in [1.82, 2.24) is 9.78 Å². The third-order valence-electron chi connectivity index (χ3n) is 4.06. The average Bonchev–Trinajstić information content (AvgIpc) is 3.20. The Kier molecular flexibility index (Phi) is 6.20. The van der Waals surface area contributed by atoms with E-state index in [0.717, 1.165) is 5.56 Å². The minimum atomic E-state index is -0.483. The number of nitro benzene ring substituents is 1. The Bertz CT molecular complexity index is 1030. The Balaban J connectivity index is 1.77. The molecular formula is C20H20N4O5. The van der Waals surface area contributed by atoms with E-state index in [-0.39, 0.29) is 11.4 Å². The molecule has 0 fully saturated rings. The molecule has 0 aliphatic heterocycles. The van der Waals surface area contributed by atoms with E-state index < -0.39 is 10.8 Å². The second-order valence-corrected chi connectivity index (χ2v) is 6.22. The molecule has 3 aromatic rings. The molecule has 1 aromatic heterocycles. The summed E-state index contributed by atoms with van der Waals surface area (Å²) in [4.78, 5) is 23.1. The molecule has 150 valence electrons. The van der Waals surface area contributed by atoms with Gasteiger partial charge in [0, 0.05) is 25.4 Å². The molecule has 9 nitrogen and oxygen atoms in total. The Labute approximate surface area is 167 Å². The fourth-order valence-electron chi connectivity index (χ4n) is 2.61. The number of anilines is 1. The molecule has 9 heteroatoms. The summed E-state index contributed by atoms with van der Waals surface area (Å²) < 4.78 is 12.1. The van der Waals surface area contributed by atoms with Gasteiger partial charge in [0.25, 0.3) is 11.6 Å². The first-order valence-electron chi connectivity index (χ1n) is 8.82. The Morgan fingerprint density at radius 1 is 1.21 bits per heavy atom. The number of carbonyl (C=O) groups excluding carboxylic acids is 1. The molecule has 29 heavy (non-hydrogen) atoms. The minimum absolute atomic E-state index is 0.0542. The fraction of sp³-hybridized carbons (Fsp3) is 0.200. The van der Waals surface area contributed by atoms with Gasteiger partial charge in [0.2, 0.25) is 0 Å². The monoisotopic (exact) mass is 396 g/mol. The minimum Gasteiger partial charge on any atom is -0.489 e. The molecule has 0 atom stereocenters. The summed E-state index contributed by atoms with van der Waals surface area (Å²) in [5.74, 6) is 0.114. The normalized spacial score (nSPS) is 10.6. The summed E-state index contributed by atoms with van der Waals surface area (Å²) in [5.41, 5.74) is 2.10. The van der Waals surface area contributed by atoms with Crippen molar-refractivity contribution in [2.45, 2.75) is 6.92 Å². The van der Waals surface area contributed by atoms with Gasteiger partial charge in [-0.1, -0.05) is 12.1 Å². The van der Waals surface area contributed by atoms with Crippen LogP contribution < -0.4 is 10.1 Å². The highest BCUT2D eigenvalue weighted by molar-refractivity contribution is 6.03. The lowest BCUT2D eigenvalue weighted by Gasteiger charge is -2.12. The average molecular weight is 396 g/mol. The SMILES string of the molecule is COCCOc1cc(C)ccc1NC(=O)c1ccn(-c2cccc([N+](=O)[O-])c2)n1. The third-order valence-corrected chi connectivity index (χ3v) is 4.06. The molecule has 0 aliphatic carbocycles. The van der Waals surface area contributed by atoms with Crippen molar-refractivity contribution >= 4 is 17.3 Å². The highest BCUT2D eigenvalue weighted by atomic mass is 16.6. The van der Waals surface area contributed by atoms with E-state index in [2.05, 4.69) is 10.4 Å². The number of nitro groups is 1. The van der Waals surface area contributed by atoms with Crippen molar-refractivity contribution in [3.05, 3.63) is 76.1 Å². The molecule has 0 saturated carbocycles. The van der Waals surface area contributed by atoms with E-state index in [1.54, 1.807) is 31.5 Å². The van der Waals surface area contributed by atoms with E-state index in [4.69, 9.17) is 9.47 Å². The van der Waals surface area contributed by atoms with Crippen LogP contribution in [0.2, 0.25) is 0 Å². The first-order valence-corrected chi connectivity index (χ1v) is 8.82. The van der Waals surface area contributed by atoms with Gasteiger partial charge in [-0.3, -0.25) is 14.9 Å². The number of carbonyl (C=O) groups is 1. The second-order valence-electron chi connectivity index (χ2n) is 6.22. The van der Waals surface area contributed by atoms with Crippen LogP contribution in [0.15, 0.2) is 54.7 Å². The van der Waals surface area contributed by atoms with E-state index in [0.29, 0.717) is 30.3 Å². The number of amides is 1. The molecule has 1 amide bonds. The lowest BCUT2D eigenvalue weighted by atomic mass is 10.2. The number of ether oxygens (including phenoxy) is 2. The van der Waals surface area contributed by atoms with E-state index >= 15 is 0 Å². The lowest BCUT2D eigenvalue weighted by Crippen LogP contribution is -2.15. The lowest BCUT2D eigenvalue weighted by molar-refractivity contribution is -0.384. The molecule has 1 N–H and O–H groups in total.